The summed E-state index contributed by atoms with van der Waals surface area (Å²) in [6.07, 6.45) is 1.09. The van der Waals surface area contributed by atoms with E-state index in [1.54, 1.807) is 0 Å². The van der Waals surface area contributed by atoms with Crippen molar-refractivity contribution in [1.82, 2.24) is 14.5 Å². The molecule has 6 nitrogen and oxygen atoms in total. The van der Waals surface area contributed by atoms with Gasteiger partial charge in [-0.3, -0.25) is 4.90 Å². The topological polar surface area (TPSA) is 56.9 Å². The van der Waals surface area contributed by atoms with Crippen molar-refractivity contribution < 1.29 is 13.9 Å². The minimum absolute atomic E-state index is 0.151. The Morgan fingerprint density at radius 2 is 2.04 bits per heavy atom. The normalized spacial score (nSPS) is 21.0. The summed E-state index contributed by atoms with van der Waals surface area (Å²) in [6, 6.07) is 3.75. The Morgan fingerprint density at radius 3 is 2.71 bits per heavy atom. The zero-order chi connectivity index (χ0) is 20.0. The number of imidazole rings is 1. The number of aromatic nitrogens is 2. The van der Waals surface area contributed by atoms with E-state index in [9.17, 15) is 13.9 Å². The number of aliphatic imine (C=N–C) groups is 1. The van der Waals surface area contributed by atoms with Gasteiger partial charge in [0.1, 0.15) is 29.0 Å². The van der Waals surface area contributed by atoms with Gasteiger partial charge in [-0.05, 0) is 26.3 Å². The van der Waals surface area contributed by atoms with Gasteiger partial charge >= 0.3 is 0 Å². The van der Waals surface area contributed by atoms with Gasteiger partial charge in [0, 0.05) is 18.2 Å². The summed E-state index contributed by atoms with van der Waals surface area (Å²) < 4.78 is 29.4. The third-order valence-electron chi connectivity index (χ3n) is 5.45. The average Bonchev–Trinajstić information content (AvgIpc) is 3.20. The molecule has 2 aromatic rings. The molecule has 28 heavy (non-hydrogen) atoms. The van der Waals surface area contributed by atoms with Gasteiger partial charge in [0.2, 0.25) is 5.96 Å². The number of fused-ring (bicyclic) bond motifs is 3. The molecule has 2 atom stereocenters. The van der Waals surface area contributed by atoms with E-state index in [0.29, 0.717) is 30.2 Å². The number of rotatable bonds is 5. The van der Waals surface area contributed by atoms with E-state index in [1.165, 1.54) is 12.1 Å². The van der Waals surface area contributed by atoms with Crippen molar-refractivity contribution in [2.45, 2.75) is 52.4 Å². The van der Waals surface area contributed by atoms with E-state index in [0.717, 1.165) is 30.7 Å². The molecule has 0 spiro atoms. The Labute approximate surface area is 163 Å². The van der Waals surface area contributed by atoms with Crippen LogP contribution in [0.1, 0.15) is 50.0 Å². The lowest BCUT2D eigenvalue weighted by atomic mass is 10.1. The van der Waals surface area contributed by atoms with Crippen molar-refractivity contribution in [3.63, 3.8) is 0 Å². The van der Waals surface area contributed by atoms with Crippen LogP contribution in [0.4, 0.5) is 14.6 Å². The average molecular weight is 389 g/mol. The lowest BCUT2D eigenvalue weighted by Gasteiger charge is -2.38. The van der Waals surface area contributed by atoms with Crippen LogP contribution < -0.4 is 4.90 Å². The lowest BCUT2D eigenvalue weighted by Crippen LogP contribution is -2.49. The molecule has 3 heterocycles. The van der Waals surface area contributed by atoms with Crippen molar-refractivity contribution in [2.75, 3.05) is 18.0 Å². The molecule has 0 aliphatic carbocycles. The highest BCUT2D eigenvalue weighted by Gasteiger charge is 2.42. The van der Waals surface area contributed by atoms with Crippen LogP contribution in [0.5, 0.6) is 0 Å². The number of hydrogen-bond acceptors (Lipinski definition) is 5. The Hall–Kier alpha value is -2.48. The van der Waals surface area contributed by atoms with Crippen molar-refractivity contribution in [3.05, 3.63) is 46.9 Å². The first-order chi connectivity index (χ1) is 13.4. The summed E-state index contributed by atoms with van der Waals surface area (Å²) in [5, 5.41) is 10.9. The summed E-state index contributed by atoms with van der Waals surface area (Å²) >= 11 is 0. The summed E-state index contributed by atoms with van der Waals surface area (Å²) in [5.41, 5.74) is 0.929. The Morgan fingerprint density at radius 1 is 1.25 bits per heavy atom. The fraction of sp³-hybridized carbons (Fsp3) is 0.500. The molecule has 1 aromatic heterocycles. The fourth-order valence-electron chi connectivity index (χ4n) is 4.08. The number of anilines is 1. The maximum absolute atomic E-state index is 14.3. The van der Waals surface area contributed by atoms with Crippen LogP contribution in [0.15, 0.2) is 23.2 Å². The van der Waals surface area contributed by atoms with Crippen molar-refractivity contribution in [1.29, 1.82) is 0 Å². The van der Waals surface area contributed by atoms with Crippen molar-refractivity contribution >= 4 is 11.8 Å². The van der Waals surface area contributed by atoms with Gasteiger partial charge in [-0.25, -0.2) is 18.8 Å². The third kappa shape index (κ3) is 2.96. The van der Waals surface area contributed by atoms with E-state index in [-0.39, 0.29) is 12.6 Å². The fourth-order valence-corrected chi connectivity index (χ4v) is 4.08. The second-order valence-corrected chi connectivity index (χ2v) is 7.33. The number of aliphatic hydroxyl groups excluding tert-OH is 1. The lowest BCUT2D eigenvalue weighted by molar-refractivity contribution is 0.0481. The largest absolute Gasteiger partial charge is 0.368 e. The third-order valence-corrected chi connectivity index (χ3v) is 5.45. The molecule has 2 aliphatic heterocycles. The van der Waals surface area contributed by atoms with Gasteiger partial charge in [-0.2, -0.15) is 0 Å². The van der Waals surface area contributed by atoms with Gasteiger partial charge in [0.05, 0.1) is 19.1 Å². The molecule has 0 saturated carbocycles. The standard InChI is InChI=1S/C20H25F2N5O/c1-4-6-15-11-27-18-17(19(28)25(5-2)20(27)24-15)23-12(3)26(18)10-13-7-8-14(21)9-16(13)22/h7-9,15,19,28H,4-6,10-11H2,1-3H3. The van der Waals surface area contributed by atoms with Gasteiger partial charge in [-0.1, -0.05) is 19.4 Å². The van der Waals surface area contributed by atoms with E-state index in [1.807, 2.05) is 23.3 Å². The van der Waals surface area contributed by atoms with E-state index < -0.39 is 17.9 Å². The zero-order valence-electron chi connectivity index (χ0n) is 16.4. The van der Waals surface area contributed by atoms with Gasteiger partial charge in [0.15, 0.2) is 6.23 Å². The van der Waals surface area contributed by atoms with Gasteiger partial charge in [-0.15, -0.1) is 0 Å². The monoisotopic (exact) mass is 389 g/mol. The molecule has 1 N–H and O–H groups in total. The molecule has 0 saturated heterocycles. The van der Waals surface area contributed by atoms with E-state index >= 15 is 0 Å². The molecule has 0 radical (unpaired) electrons. The minimum Gasteiger partial charge on any atom is -0.368 e. The van der Waals surface area contributed by atoms with Crippen molar-refractivity contribution in [2.24, 2.45) is 4.99 Å². The first kappa shape index (κ1) is 18.9. The second kappa shape index (κ2) is 7.16. The molecule has 2 unspecified atom stereocenters. The first-order valence-corrected chi connectivity index (χ1v) is 9.75. The second-order valence-electron chi connectivity index (χ2n) is 7.33. The number of aliphatic hydroxyl groups is 1. The number of aryl methyl sites for hydroxylation is 1. The number of guanidine groups is 1. The molecule has 1 aromatic carbocycles. The maximum atomic E-state index is 14.3. The smallest absolute Gasteiger partial charge is 0.205 e. The molecule has 4 rings (SSSR count). The van der Waals surface area contributed by atoms with E-state index in [2.05, 4.69) is 16.8 Å². The van der Waals surface area contributed by atoms with Crippen LogP contribution in [-0.2, 0) is 6.54 Å². The highest BCUT2D eigenvalue weighted by Crippen LogP contribution is 2.39. The van der Waals surface area contributed by atoms with Gasteiger partial charge in [0.25, 0.3) is 0 Å². The Bertz CT molecular complexity index is 926. The molecular formula is C20H25F2N5O. The molecule has 0 amide bonds. The summed E-state index contributed by atoms with van der Waals surface area (Å²) in [7, 11) is 0. The van der Waals surface area contributed by atoms with Crippen LogP contribution in [0, 0.1) is 18.6 Å². The minimum atomic E-state index is -0.895. The summed E-state index contributed by atoms with van der Waals surface area (Å²) in [4.78, 5) is 13.3. The van der Waals surface area contributed by atoms with Crippen molar-refractivity contribution in [3.8, 4) is 0 Å². The van der Waals surface area contributed by atoms with Crippen LogP contribution in [0.2, 0.25) is 0 Å². The number of hydrogen-bond donors (Lipinski definition) is 1. The first-order valence-electron chi connectivity index (χ1n) is 9.75. The molecule has 0 fully saturated rings. The van der Waals surface area contributed by atoms with Crippen LogP contribution >= 0.6 is 0 Å². The van der Waals surface area contributed by atoms with Crippen LogP contribution in [0.25, 0.3) is 0 Å². The summed E-state index contributed by atoms with van der Waals surface area (Å²) in [5.74, 6) is 0.963. The van der Waals surface area contributed by atoms with Crippen LogP contribution in [0.3, 0.4) is 0 Å². The zero-order valence-corrected chi connectivity index (χ0v) is 16.4. The van der Waals surface area contributed by atoms with E-state index in [4.69, 9.17) is 4.99 Å². The highest BCUT2D eigenvalue weighted by atomic mass is 19.1. The predicted molar refractivity (Wildman–Crippen MR) is 103 cm³/mol. The quantitative estimate of drug-likeness (QED) is 0.853. The predicted octanol–water partition coefficient (Wildman–Crippen LogP) is 3.19. The molecule has 8 heteroatoms. The van der Waals surface area contributed by atoms with Gasteiger partial charge < -0.3 is 14.6 Å². The molecule has 150 valence electrons. The highest BCUT2D eigenvalue weighted by molar-refractivity contribution is 5.99. The number of benzene rings is 1. The Balaban J connectivity index is 1.78. The summed E-state index contributed by atoms with van der Waals surface area (Å²) in [6.45, 7) is 7.45. The number of nitrogens with zero attached hydrogens (tertiary/aromatic N) is 5. The molecule has 0 bridgehead atoms. The maximum Gasteiger partial charge on any atom is 0.205 e. The number of halogens is 2. The molecule has 2 aliphatic rings. The molecular weight excluding hydrogens is 364 g/mol. The SMILES string of the molecule is CCCC1CN2C(=N1)N(CC)C(O)c1nc(C)n(Cc3ccc(F)cc3F)c12. The Kier molecular flexibility index (Phi) is 4.82. The van der Waals surface area contributed by atoms with Crippen LogP contribution in [-0.4, -0.2) is 44.6 Å².